The van der Waals surface area contributed by atoms with Gasteiger partial charge in [-0.1, -0.05) is 12.1 Å². The van der Waals surface area contributed by atoms with E-state index < -0.39 is 17.8 Å². The van der Waals surface area contributed by atoms with Crippen LogP contribution in [0.4, 0.5) is 4.39 Å². The predicted octanol–water partition coefficient (Wildman–Crippen LogP) is 1.71. The van der Waals surface area contributed by atoms with Crippen LogP contribution in [-0.4, -0.2) is 11.1 Å². The third-order valence-electron chi connectivity index (χ3n) is 1.86. The van der Waals surface area contributed by atoms with Gasteiger partial charge in [0.2, 0.25) is 0 Å². The van der Waals surface area contributed by atoms with Crippen LogP contribution in [0, 0.1) is 5.82 Å². The SMILES string of the molecule is C=C[C@H](N)c1ccc(C(=O)O)c(F)c1. The molecule has 0 fully saturated rings. The number of hydrogen-bond donors (Lipinski definition) is 2. The van der Waals surface area contributed by atoms with Crippen LogP contribution < -0.4 is 5.73 Å². The van der Waals surface area contributed by atoms with Crippen molar-refractivity contribution in [3.8, 4) is 0 Å². The summed E-state index contributed by atoms with van der Waals surface area (Å²) in [7, 11) is 0. The summed E-state index contributed by atoms with van der Waals surface area (Å²) < 4.78 is 13.1. The molecule has 3 N–H and O–H groups in total. The van der Waals surface area contributed by atoms with Crippen LogP contribution in [0.1, 0.15) is 22.0 Å². The molecule has 0 spiro atoms. The molecule has 0 unspecified atom stereocenters. The van der Waals surface area contributed by atoms with Crippen molar-refractivity contribution in [2.24, 2.45) is 5.73 Å². The summed E-state index contributed by atoms with van der Waals surface area (Å²) in [6, 6.07) is 3.29. The number of nitrogens with two attached hydrogens (primary N) is 1. The standard InChI is InChI=1S/C10H10FNO2/c1-2-9(12)6-3-4-7(10(13)14)8(11)5-6/h2-5,9H,1,12H2,(H,13,14)/t9-/m0/s1. The molecule has 1 rings (SSSR count). The summed E-state index contributed by atoms with van der Waals surface area (Å²) in [4.78, 5) is 10.5. The molecule has 1 aromatic carbocycles. The first-order valence-electron chi connectivity index (χ1n) is 3.97. The van der Waals surface area contributed by atoms with E-state index in [4.69, 9.17) is 10.8 Å². The van der Waals surface area contributed by atoms with Gasteiger partial charge in [-0.25, -0.2) is 9.18 Å². The van der Waals surface area contributed by atoms with Crippen molar-refractivity contribution >= 4 is 5.97 Å². The Morgan fingerprint density at radius 3 is 2.71 bits per heavy atom. The summed E-state index contributed by atoms with van der Waals surface area (Å²) in [5.74, 6) is -2.08. The Hall–Kier alpha value is -1.68. The first-order chi connectivity index (χ1) is 6.56. The Labute approximate surface area is 80.7 Å². The van der Waals surface area contributed by atoms with E-state index in [-0.39, 0.29) is 5.56 Å². The van der Waals surface area contributed by atoms with E-state index in [0.29, 0.717) is 5.56 Å². The van der Waals surface area contributed by atoms with Gasteiger partial charge in [-0.15, -0.1) is 6.58 Å². The summed E-state index contributed by atoms with van der Waals surface area (Å²) in [5, 5.41) is 8.56. The van der Waals surface area contributed by atoms with Crippen LogP contribution in [0.5, 0.6) is 0 Å². The predicted molar refractivity (Wildman–Crippen MR) is 50.5 cm³/mol. The zero-order chi connectivity index (χ0) is 10.7. The maximum absolute atomic E-state index is 13.1. The lowest BCUT2D eigenvalue weighted by Gasteiger charge is -2.07. The molecule has 0 heterocycles. The van der Waals surface area contributed by atoms with Crippen LogP contribution >= 0.6 is 0 Å². The molecule has 4 heteroatoms. The lowest BCUT2D eigenvalue weighted by atomic mass is 10.1. The number of rotatable bonds is 3. The fourth-order valence-electron chi connectivity index (χ4n) is 1.05. The van der Waals surface area contributed by atoms with E-state index in [2.05, 4.69) is 6.58 Å². The van der Waals surface area contributed by atoms with Crippen LogP contribution in [0.25, 0.3) is 0 Å². The lowest BCUT2D eigenvalue weighted by Crippen LogP contribution is -2.08. The van der Waals surface area contributed by atoms with E-state index in [1.54, 1.807) is 0 Å². The minimum absolute atomic E-state index is 0.356. The second-order valence-corrected chi connectivity index (χ2v) is 2.81. The molecule has 0 radical (unpaired) electrons. The summed E-state index contributed by atoms with van der Waals surface area (Å²) in [6.45, 7) is 3.46. The van der Waals surface area contributed by atoms with Gasteiger partial charge in [0.15, 0.2) is 0 Å². The van der Waals surface area contributed by atoms with Crippen molar-refractivity contribution < 1.29 is 14.3 Å². The smallest absolute Gasteiger partial charge is 0.338 e. The molecule has 0 aromatic heterocycles. The highest BCUT2D eigenvalue weighted by atomic mass is 19.1. The molecule has 0 aliphatic heterocycles. The van der Waals surface area contributed by atoms with Crippen LogP contribution in [0.2, 0.25) is 0 Å². The quantitative estimate of drug-likeness (QED) is 0.721. The number of carboxylic acids is 1. The fraction of sp³-hybridized carbons (Fsp3) is 0.100. The first kappa shape index (κ1) is 10.4. The fourth-order valence-corrected chi connectivity index (χ4v) is 1.05. The largest absolute Gasteiger partial charge is 0.478 e. The number of halogens is 1. The molecule has 74 valence electrons. The van der Waals surface area contributed by atoms with Gasteiger partial charge in [0.05, 0.1) is 5.56 Å². The van der Waals surface area contributed by atoms with E-state index in [0.717, 1.165) is 6.07 Å². The molecule has 0 bridgehead atoms. The second-order valence-electron chi connectivity index (χ2n) is 2.81. The Bertz CT molecular complexity index is 376. The van der Waals surface area contributed by atoms with Gasteiger partial charge >= 0.3 is 5.97 Å². The second kappa shape index (κ2) is 4.02. The highest BCUT2D eigenvalue weighted by Crippen LogP contribution is 2.15. The van der Waals surface area contributed by atoms with Gasteiger partial charge in [-0.3, -0.25) is 0 Å². The van der Waals surface area contributed by atoms with Gasteiger partial charge in [0.25, 0.3) is 0 Å². The van der Waals surface area contributed by atoms with Gasteiger partial charge in [0, 0.05) is 6.04 Å². The van der Waals surface area contributed by atoms with Gasteiger partial charge in [0.1, 0.15) is 5.82 Å². The summed E-state index contributed by atoms with van der Waals surface area (Å²) in [5.41, 5.74) is 5.70. The zero-order valence-corrected chi connectivity index (χ0v) is 7.40. The van der Waals surface area contributed by atoms with Gasteiger partial charge < -0.3 is 10.8 Å². The van der Waals surface area contributed by atoms with Crippen molar-refractivity contribution in [1.82, 2.24) is 0 Å². The first-order valence-corrected chi connectivity index (χ1v) is 3.97. The normalized spacial score (nSPS) is 12.1. The molecule has 3 nitrogen and oxygen atoms in total. The molecular weight excluding hydrogens is 185 g/mol. The molecule has 14 heavy (non-hydrogen) atoms. The third kappa shape index (κ3) is 1.97. The van der Waals surface area contributed by atoms with E-state index >= 15 is 0 Å². The zero-order valence-electron chi connectivity index (χ0n) is 7.40. The van der Waals surface area contributed by atoms with Gasteiger partial charge in [-0.05, 0) is 17.7 Å². The van der Waals surface area contributed by atoms with Crippen molar-refractivity contribution in [2.45, 2.75) is 6.04 Å². The lowest BCUT2D eigenvalue weighted by molar-refractivity contribution is 0.0692. The van der Waals surface area contributed by atoms with Crippen molar-refractivity contribution in [3.05, 3.63) is 47.8 Å². The van der Waals surface area contributed by atoms with Crippen LogP contribution in [-0.2, 0) is 0 Å². The van der Waals surface area contributed by atoms with E-state index in [1.165, 1.54) is 18.2 Å². The monoisotopic (exact) mass is 195 g/mol. The number of aromatic carboxylic acids is 1. The minimum Gasteiger partial charge on any atom is -0.478 e. The van der Waals surface area contributed by atoms with Gasteiger partial charge in [-0.2, -0.15) is 0 Å². The molecule has 0 aliphatic carbocycles. The van der Waals surface area contributed by atoms with Crippen LogP contribution in [0.15, 0.2) is 30.9 Å². The molecule has 0 amide bonds. The topological polar surface area (TPSA) is 63.3 Å². The highest BCUT2D eigenvalue weighted by Gasteiger charge is 2.11. The molecule has 1 atom stereocenters. The third-order valence-corrected chi connectivity index (χ3v) is 1.86. The number of carbonyl (C=O) groups is 1. The summed E-state index contributed by atoms with van der Waals surface area (Å²) >= 11 is 0. The maximum atomic E-state index is 13.1. The maximum Gasteiger partial charge on any atom is 0.338 e. The molecule has 1 aromatic rings. The van der Waals surface area contributed by atoms with Crippen molar-refractivity contribution in [1.29, 1.82) is 0 Å². The highest BCUT2D eigenvalue weighted by molar-refractivity contribution is 5.87. The molecule has 0 saturated heterocycles. The Morgan fingerprint density at radius 2 is 2.29 bits per heavy atom. The molecule has 0 saturated carbocycles. The molecular formula is C10H10FNO2. The Balaban J connectivity index is 3.12. The summed E-state index contributed by atoms with van der Waals surface area (Å²) in [6.07, 6.45) is 1.45. The van der Waals surface area contributed by atoms with E-state index in [9.17, 15) is 9.18 Å². The Morgan fingerprint density at radius 1 is 1.64 bits per heavy atom. The van der Waals surface area contributed by atoms with Crippen LogP contribution in [0.3, 0.4) is 0 Å². The number of carboxylic acid groups (broad SMARTS) is 1. The number of hydrogen-bond acceptors (Lipinski definition) is 2. The average molecular weight is 195 g/mol. The van der Waals surface area contributed by atoms with Crippen molar-refractivity contribution in [2.75, 3.05) is 0 Å². The van der Waals surface area contributed by atoms with Crippen molar-refractivity contribution in [3.63, 3.8) is 0 Å². The average Bonchev–Trinajstić information content (AvgIpc) is 2.15. The molecule has 0 aliphatic rings. The number of benzene rings is 1. The van der Waals surface area contributed by atoms with E-state index in [1.807, 2.05) is 0 Å². The minimum atomic E-state index is -1.29. The Kier molecular flexibility index (Phi) is 2.99.